The van der Waals surface area contributed by atoms with E-state index < -0.39 is 29.9 Å². The zero-order valence-corrected chi connectivity index (χ0v) is 13.3. The molecule has 0 amide bonds. The van der Waals surface area contributed by atoms with Crippen LogP contribution in [0.3, 0.4) is 0 Å². The summed E-state index contributed by atoms with van der Waals surface area (Å²) in [5, 5.41) is 2.90. The number of halogens is 5. The largest absolute Gasteiger partial charge is 0.392 e. The molecule has 2 rings (SSSR count). The van der Waals surface area contributed by atoms with E-state index in [4.69, 9.17) is 0 Å². The molecule has 0 heterocycles. The zero-order chi connectivity index (χ0) is 15.6. The molecule has 1 N–H and O–H groups in total. The molecule has 1 fully saturated rings. The maximum atomic E-state index is 14.2. The molecule has 0 aliphatic heterocycles. The second-order valence-corrected chi connectivity index (χ2v) is 6.36. The summed E-state index contributed by atoms with van der Waals surface area (Å²) in [6, 6.07) is 4.13. The lowest BCUT2D eigenvalue weighted by molar-refractivity contribution is -0.199. The molecule has 1 aliphatic carbocycles. The van der Waals surface area contributed by atoms with Crippen molar-refractivity contribution < 1.29 is 17.6 Å². The Morgan fingerprint density at radius 1 is 1.24 bits per heavy atom. The Morgan fingerprint density at radius 2 is 1.90 bits per heavy atom. The van der Waals surface area contributed by atoms with Gasteiger partial charge in [-0.3, -0.25) is 0 Å². The number of benzene rings is 1. The Bertz CT molecular complexity index is 489. The highest BCUT2D eigenvalue weighted by Gasteiger charge is 2.48. The zero-order valence-electron chi connectivity index (χ0n) is 11.7. The van der Waals surface area contributed by atoms with Crippen molar-refractivity contribution >= 4 is 15.9 Å². The molecule has 1 aliphatic rings. The summed E-state index contributed by atoms with van der Waals surface area (Å²) in [4.78, 5) is 0. The lowest BCUT2D eigenvalue weighted by Crippen LogP contribution is -2.40. The van der Waals surface area contributed by atoms with Gasteiger partial charge in [0.1, 0.15) is 5.82 Å². The normalized spacial score (nSPS) is 24.9. The van der Waals surface area contributed by atoms with Crippen LogP contribution < -0.4 is 5.32 Å². The fraction of sp³-hybridized carbons (Fsp3) is 0.600. The van der Waals surface area contributed by atoms with Gasteiger partial charge in [-0.15, -0.1) is 0 Å². The van der Waals surface area contributed by atoms with Crippen LogP contribution in [0.4, 0.5) is 17.6 Å². The number of hydrogen-bond acceptors (Lipinski definition) is 1. The van der Waals surface area contributed by atoms with Crippen molar-refractivity contribution in [1.29, 1.82) is 0 Å². The van der Waals surface area contributed by atoms with Crippen LogP contribution in [-0.4, -0.2) is 13.2 Å². The maximum Gasteiger partial charge on any atom is 0.392 e. The molecule has 0 radical (unpaired) electrons. The average molecular weight is 368 g/mol. The predicted molar refractivity (Wildman–Crippen MR) is 77.4 cm³/mol. The van der Waals surface area contributed by atoms with Crippen LogP contribution in [0.25, 0.3) is 0 Å². The van der Waals surface area contributed by atoms with Gasteiger partial charge in [0, 0.05) is 11.6 Å². The summed E-state index contributed by atoms with van der Waals surface area (Å²) >= 11 is 3.10. The molecule has 1 nitrogen and oxygen atoms in total. The van der Waals surface area contributed by atoms with E-state index in [0.29, 0.717) is 18.4 Å². The number of rotatable bonds is 3. The average Bonchev–Trinajstić information content (AvgIpc) is 2.44. The Morgan fingerprint density at radius 3 is 2.52 bits per heavy atom. The molecule has 3 unspecified atom stereocenters. The minimum absolute atomic E-state index is 0.127. The van der Waals surface area contributed by atoms with Crippen LogP contribution in [0.1, 0.15) is 37.3 Å². The maximum absolute atomic E-state index is 14.2. The molecule has 0 bridgehead atoms. The Balaban J connectivity index is 2.36. The van der Waals surface area contributed by atoms with Crippen molar-refractivity contribution in [2.24, 2.45) is 11.8 Å². The quantitative estimate of drug-likeness (QED) is 0.722. The predicted octanol–water partition coefficient (Wildman–Crippen LogP) is 5.22. The molecular weight excluding hydrogens is 350 g/mol. The van der Waals surface area contributed by atoms with E-state index in [-0.39, 0.29) is 10.9 Å². The van der Waals surface area contributed by atoms with E-state index in [1.54, 1.807) is 25.2 Å². The molecule has 3 atom stereocenters. The third-order valence-corrected chi connectivity index (χ3v) is 4.91. The summed E-state index contributed by atoms with van der Waals surface area (Å²) in [7, 11) is 1.59. The van der Waals surface area contributed by atoms with Gasteiger partial charge in [-0.25, -0.2) is 4.39 Å². The SMILES string of the molecule is CNC(c1cccc(Br)c1F)C1CCCCC1C(F)(F)F. The van der Waals surface area contributed by atoms with Crippen molar-refractivity contribution in [2.75, 3.05) is 7.05 Å². The topological polar surface area (TPSA) is 12.0 Å². The monoisotopic (exact) mass is 367 g/mol. The van der Waals surface area contributed by atoms with E-state index in [2.05, 4.69) is 21.2 Å². The van der Waals surface area contributed by atoms with Gasteiger partial charge in [-0.05, 0) is 47.8 Å². The first-order chi connectivity index (χ1) is 9.86. The molecule has 6 heteroatoms. The highest BCUT2D eigenvalue weighted by Crippen LogP contribution is 2.47. The minimum Gasteiger partial charge on any atom is -0.313 e. The summed E-state index contributed by atoms with van der Waals surface area (Å²) in [6.07, 6.45) is -2.31. The fourth-order valence-electron chi connectivity index (χ4n) is 3.33. The van der Waals surface area contributed by atoms with Crippen molar-refractivity contribution in [3.8, 4) is 0 Å². The molecule has 0 saturated heterocycles. The van der Waals surface area contributed by atoms with Gasteiger partial charge in [-0.2, -0.15) is 13.2 Å². The third-order valence-electron chi connectivity index (χ3n) is 4.30. The van der Waals surface area contributed by atoms with Gasteiger partial charge in [0.15, 0.2) is 0 Å². The minimum atomic E-state index is -4.23. The number of alkyl halides is 3. The standard InChI is InChI=1S/C15H18BrF4N/c1-21-14(10-6-4-8-12(16)13(10)17)9-5-2-3-7-11(9)15(18,19)20/h4,6,8-9,11,14,21H,2-3,5,7H2,1H3. The summed E-state index contributed by atoms with van der Waals surface area (Å²) in [5.74, 6) is -2.49. The fourth-order valence-corrected chi connectivity index (χ4v) is 3.71. The first kappa shape index (κ1) is 16.7. The number of hydrogen-bond donors (Lipinski definition) is 1. The molecule has 0 spiro atoms. The van der Waals surface area contributed by atoms with Gasteiger partial charge in [0.05, 0.1) is 10.4 Å². The van der Waals surface area contributed by atoms with Crippen LogP contribution in [0, 0.1) is 17.7 Å². The second kappa shape index (κ2) is 6.65. The highest BCUT2D eigenvalue weighted by atomic mass is 79.9. The Hall–Kier alpha value is -0.620. The summed E-state index contributed by atoms with van der Waals surface area (Å²) in [6.45, 7) is 0. The second-order valence-electron chi connectivity index (χ2n) is 5.51. The van der Waals surface area contributed by atoms with E-state index in [1.165, 1.54) is 0 Å². The van der Waals surface area contributed by atoms with E-state index in [9.17, 15) is 17.6 Å². The number of nitrogens with one attached hydrogen (secondary N) is 1. The first-order valence-corrected chi connectivity index (χ1v) is 7.83. The molecule has 0 aromatic heterocycles. The molecule has 21 heavy (non-hydrogen) atoms. The Kier molecular flexibility index (Phi) is 5.30. The van der Waals surface area contributed by atoms with Gasteiger partial charge < -0.3 is 5.32 Å². The molecule has 1 aromatic rings. The van der Waals surface area contributed by atoms with Crippen LogP contribution in [0.5, 0.6) is 0 Å². The van der Waals surface area contributed by atoms with Crippen molar-refractivity contribution in [1.82, 2.24) is 5.32 Å². The molecule has 1 saturated carbocycles. The van der Waals surface area contributed by atoms with Crippen LogP contribution in [0.2, 0.25) is 0 Å². The van der Waals surface area contributed by atoms with Gasteiger partial charge in [-0.1, -0.05) is 25.0 Å². The van der Waals surface area contributed by atoms with E-state index in [0.717, 1.165) is 6.42 Å². The lowest BCUT2D eigenvalue weighted by atomic mass is 9.73. The first-order valence-electron chi connectivity index (χ1n) is 7.04. The van der Waals surface area contributed by atoms with Crippen molar-refractivity contribution in [3.63, 3.8) is 0 Å². The van der Waals surface area contributed by atoms with E-state index >= 15 is 0 Å². The van der Waals surface area contributed by atoms with Crippen molar-refractivity contribution in [2.45, 2.75) is 37.9 Å². The molecule has 118 valence electrons. The lowest BCUT2D eigenvalue weighted by Gasteiger charge is -2.38. The van der Waals surface area contributed by atoms with Crippen LogP contribution in [0.15, 0.2) is 22.7 Å². The van der Waals surface area contributed by atoms with Gasteiger partial charge in [0.2, 0.25) is 0 Å². The summed E-state index contributed by atoms with van der Waals surface area (Å²) in [5.41, 5.74) is 0.299. The van der Waals surface area contributed by atoms with Crippen LogP contribution in [-0.2, 0) is 0 Å². The van der Waals surface area contributed by atoms with Crippen molar-refractivity contribution in [3.05, 3.63) is 34.1 Å². The molecular formula is C15H18BrF4N. The Labute approximate surface area is 130 Å². The summed E-state index contributed by atoms with van der Waals surface area (Å²) < 4.78 is 54.3. The van der Waals surface area contributed by atoms with E-state index in [1.807, 2.05) is 0 Å². The van der Waals surface area contributed by atoms with Gasteiger partial charge in [0.25, 0.3) is 0 Å². The highest BCUT2D eigenvalue weighted by molar-refractivity contribution is 9.10. The third kappa shape index (κ3) is 3.59. The molecule has 1 aromatic carbocycles. The smallest absolute Gasteiger partial charge is 0.313 e. The van der Waals surface area contributed by atoms with Gasteiger partial charge >= 0.3 is 6.18 Å². The van der Waals surface area contributed by atoms with Crippen LogP contribution >= 0.6 is 15.9 Å².